The lowest BCUT2D eigenvalue weighted by molar-refractivity contribution is -0.141. The minimum absolute atomic E-state index is 0.104. The Labute approximate surface area is 185 Å². The molecule has 0 unspecified atom stereocenters. The zero-order valence-corrected chi connectivity index (χ0v) is 17.7. The fourth-order valence-corrected chi connectivity index (χ4v) is 4.76. The van der Waals surface area contributed by atoms with Crippen molar-refractivity contribution in [2.75, 3.05) is 12.0 Å². The number of nitrogens with zero attached hydrogens (tertiary/aromatic N) is 1. The molecule has 0 spiro atoms. The normalized spacial score (nSPS) is 22.1. The summed E-state index contributed by atoms with van der Waals surface area (Å²) < 4.78 is 11.0. The van der Waals surface area contributed by atoms with Crippen molar-refractivity contribution in [1.82, 2.24) is 0 Å². The molecular weight excluding hydrogens is 406 g/mol. The van der Waals surface area contributed by atoms with E-state index in [2.05, 4.69) is 0 Å². The van der Waals surface area contributed by atoms with Crippen LogP contribution in [-0.4, -0.2) is 24.9 Å². The highest BCUT2D eigenvalue weighted by Gasteiger charge is 2.62. The molecule has 0 saturated carbocycles. The maximum absolute atomic E-state index is 13.7. The molecule has 1 saturated heterocycles. The van der Waals surface area contributed by atoms with E-state index in [0.717, 1.165) is 5.56 Å². The molecule has 0 aromatic heterocycles. The fourth-order valence-electron chi connectivity index (χ4n) is 4.76. The SMILES string of the molecule is COc1ccc2c(c1)[C@@](c1ccccc1)([C@@H]1CC(=O)N(c3ccc(C)cc3)C1=O)C(=O)O2. The molecule has 0 bridgehead atoms. The van der Waals surface area contributed by atoms with Crippen LogP contribution in [-0.2, 0) is 19.8 Å². The highest BCUT2D eigenvalue weighted by atomic mass is 16.5. The van der Waals surface area contributed by atoms with Crippen LogP contribution in [0.1, 0.15) is 23.1 Å². The van der Waals surface area contributed by atoms with Crippen LogP contribution in [0.15, 0.2) is 72.8 Å². The van der Waals surface area contributed by atoms with Crippen LogP contribution in [0.4, 0.5) is 5.69 Å². The van der Waals surface area contributed by atoms with Gasteiger partial charge in [0.1, 0.15) is 16.9 Å². The molecule has 6 nitrogen and oxygen atoms in total. The largest absolute Gasteiger partial charge is 0.497 e. The molecule has 1 fully saturated rings. The summed E-state index contributed by atoms with van der Waals surface area (Å²) in [5, 5.41) is 0. The number of benzene rings is 3. The van der Waals surface area contributed by atoms with Gasteiger partial charge in [-0.2, -0.15) is 0 Å². The van der Waals surface area contributed by atoms with Gasteiger partial charge in [-0.25, -0.2) is 0 Å². The lowest BCUT2D eigenvalue weighted by Crippen LogP contribution is -2.46. The summed E-state index contributed by atoms with van der Waals surface area (Å²) in [6.45, 7) is 1.93. The van der Waals surface area contributed by atoms with E-state index in [4.69, 9.17) is 9.47 Å². The molecule has 6 heteroatoms. The molecule has 2 aliphatic heterocycles. The number of amides is 2. The monoisotopic (exact) mass is 427 g/mol. The first kappa shape index (κ1) is 20.0. The van der Waals surface area contributed by atoms with Crippen LogP contribution in [0.25, 0.3) is 0 Å². The van der Waals surface area contributed by atoms with Gasteiger partial charge in [0.25, 0.3) is 0 Å². The van der Waals surface area contributed by atoms with Crippen molar-refractivity contribution in [2.24, 2.45) is 5.92 Å². The third-order valence-electron chi connectivity index (χ3n) is 6.33. The zero-order valence-electron chi connectivity index (χ0n) is 17.7. The molecule has 2 heterocycles. The van der Waals surface area contributed by atoms with E-state index in [-0.39, 0.29) is 12.3 Å². The number of anilines is 1. The first-order valence-corrected chi connectivity index (χ1v) is 10.4. The van der Waals surface area contributed by atoms with Crippen LogP contribution in [0.5, 0.6) is 11.5 Å². The van der Waals surface area contributed by atoms with Crippen LogP contribution in [0, 0.1) is 12.8 Å². The highest BCUT2D eigenvalue weighted by Crippen LogP contribution is 2.53. The average molecular weight is 427 g/mol. The minimum atomic E-state index is -1.45. The van der Waals surface area contributed by atoms with Gasteiger partial charge in [0.15, 0.2) is 0 Å². The average Bonchev–Trinajstić information content (AvgIpc) is 3.27. The summed E-state index contributed by atoms with van der Waals surface area (Å²) in [7, 11) is 1.53. The topological polar surface area (TPSA) is 72.9 Å². The van der Waals surface area contributed by atoms with Crippen molar-refractivity contribution in [2.45, 2.75) is 18.8 Å². The smallest absolute Gasteiger partial charge is 0.327 e. The van der Waals surface area contributed by atoms with Gasteiger partial charge in [-0.15, -0.1) is 0 Å². The second kappa shape index (κ2) is 7.34. The fraction of sp³-hybridized carbons (Fsp3) is 0.192. The van der Waals surface area contributed by atoms with Crippen LogP contribution >= 0.6 is 0 Å². The zero-order chi connectivity index (χ0) is 22.5. The maximum atomic E-state index is 13.7. The van der Waals surface area contributed by atoms with Crippen molar-refractivity contribution in [1.29, 1.82) is 0 Å². The quantitative estimate of drug-likeness (QED) is 0.360. The summed E-state index contributed by atoms with van der Waals surface area (Å²) in [6, 6.07) is 21.3. The van der Waals surface area contributed by atoms with Gasteiger partial charge < -0.3 is 9.47 Å². The van der Waals surface area contributed by atoms with Crippen LogP contribution in [0.2, 0.25) is 0 Å². The number of ether oxygens (including phenoxy) is 2. The molecule has 5 rings (SSSR count). The van der Waals surface area contributed by atoms with Gasteiger partial charge >= 0.3 is 5.97 Å². The van der Waals surface area contributed by atoms with Gasteiger partial charge in [0.2, 0.25) is 11.8 Å². The number of hydrogen-bond acceptors (Lipinski definition) is 5. The van der Waals surface area contributed by atoms with Crippen molar-refractivity contribution in [3.63, 3.8) is 0 Å². The molecule has 3 aromatic rings. The van der Waals surface area contributed by atoms with E-state index in [1.54, 1.807) is 42.5 Å². The summed E-state index contributed by atoms with van der Waals surface area (Å²) in [5.41, 5.74) is 1.20. The van der Waals surface area contributed by atoms with Crippen molar-refractivity contribution in [3.8, 4) is 11.5 Å². The van der Waals surface area contributed by atoms with Gasteiger partial charge in [0, 0.05) is 12.0 Å². The van der Waals surface area contributed by atoms with E-state index in [1.165, 1.54) is 12.0 Å². The summed E-state index contributed by atoms with van der Waals surface area (Å²) in [5.74, 6) is -1.37. The summed E-state index contributed by atoms with van der Waals surface area (Å²) >= 11 is 0. The predicted octanol–water partition coefficient (Wildman–Crippen LogP) is 3.79. The molecule has 0 aliphatic carbocycles. The van der Waals surface area contributed by atoms with Gasteiger partial charge in [-0.05, 0) is 42.8 Å². The molecule has 160 valence electrons. The van der Waals surface area contributed by atoms with E-state index < -0.39 is 23.2 Å². The number of aryl methyl sites for hydroxylation is 1. The lowest BCUT2D eigenvalue weighted by atomic mass is 9.65. The Morgan fingerprint density at radius 2 is 1.69 bits per heavy atom. The maximum Gasteiger partial charge on any atom is 0.327 e. The number of rotatable bonds is 4. The van der Waals surface area contributed by atoms with E-state index in [9.17, 15) is 14.4 Å². The molecule has 2 amide bonds. The first-order valence-electron chi connectivity index (χ1n) is 10.4. The Balaban J connectivity index is 1.71. The second-order valence-corrected chi connectivity index (χ2v) is 8.09. The Morgan fingerprint density at radius 1 is 0.969 bits per heavy atom. The second-order valence-electron chi connectivity index (χ2n) is 8.09. The van der Waals surface area contributed by atoms with Crippen LogP contribution in [0.3, 0.4) is 0 Å². The number of carbonyl (C=O) groups excluding carboxylic acids is 3. The number of imide groups is 1. The molecule has 0 radical (unpaired) electrons. The Bertz CT molecular complexity index is 1230. The van der Waals surface area contributed by atoms with E-state index in [1.807, 2.05) is 37.3 Å². The van der Waals surface area contributed by atoms with Gasteiger partial charge in [0.05, 0.1) is 18.7 Å². The molecule has 0 N–H and O–H groups in total. The Kier molecular flexibility index (Phi) is 4.59. The van der Waals surface area contributed by atoms with Crippen molar-refractivity contribution >= 4 is 23.5 Å². The third kappa shape index (κ3) is 2.76. The molecular formula is C26H21NO5. The molecule has 2 aliphatic rings. The number of carbonyl (C=O) groups is 3. The molecule has 2 atom stereocenters. The Hall–Kier alpha value is -3.93. The molecule has 32 heavy (non-hydrogen) atoms. The number of methoxy groups -OCH3 is 1. The lowest BCUT2D eigenvalue weighted by Gasteiger charge is -2.31. The minimum Gasteiger partial charge on any atom is -0.497 e. The third-order valence-corrected chi connectivity index (χ3v) is 6.33. The van der Waals surface area contributed by atoms with Crippen molar-refractivity contribution in [3.05, 3.63) is 89.5 Å². The van der Waals surface area contributed by atoms with Gasteiger partial charge in [-0.1, -0.05) is 48.0 Å². The first-order chi connectivity index (χ1) is 15.5. The Morgan fingerprint density at radius 3 is 2.38 bits per heavy atom. The predicted molar refractivity (Wildman–Crippen MR) is 118 cm³/mol. The van der Waals surface area contributed by atoms with E-state index >= 15 is 0 Å². The number of esters is 1. The summed E-state index contributed by atoms with van der Waals surface area (Å²) in [6.07, 6.45) is -0.104. The summed E-state index contributed by atoms with van der Waals surface area (Å²) in [4.78, 5) is 41.5. The molecule has 3 aromatic carbocycles. The number of hydrogen-bond donors (Lipinski definition) is 0. The number of fused-ring (bicyclic) bond motifs is 1. The van der Waals surface area contributed by atoms with Crippen molar-refractivity contribution < 1.29 is 23.9 Å². The van der Waals surface area contributed by atoms with Gasteiger partial charge in [-0.3, -0.25) is 19.3 Å². The van der Waals surface area contributed by atoms with Crippen LogP contribution < -0.4 is 14.4 Å². The highest BCUT2D eigenvalue weighted by molar-refractivity contribution is 6.23. The van der Waals surface area contributed by atoms with E-state index in [0.29, 0.717) is 28.3 Å². The standard InChI is InChI=1S/C26H21NO5/c1-16-8-10-18(11-9-16)27-23(28)15-21(24(27)29)26(17-6-4-3-5-7-17)20-14-19(31-2)12-13-22(20)32-25(26)30/h3-14,21H,15H2,1-2H3/t21-,26+/m1/s1.